The van der Waals surface area contributed by atoms with Crippen molar-refractivity contribution in [3.05, 3.63) is 99.8 Å². The highest BCUT2D eigenvalue weighted by Crippen LogP contribution is 2.38. The summed E-state index contributed by atoms with van der Waals surface area (Å²) >= 11 is 6.70. The van der Waals surface area contributed by atoms with Crippen LogP contribution in [-0.4, -0.2) is 42.3 Å². The molecule has 0 saturated carbocycles. The predicted octanol–water partition coefficient (Wildman–Crippen LogP) is 5.83. The van der Waals surface area contributed by atoms with Crippen LogP contribution < -0.4 is 18.9 Å². The van der Waals surface area contributed by atoms with Gasteiger partial charge in [-0.15, -0.1) is 0 Å². The minimum absolute atomic E-state index is 0.105. The van der Waals surface area contributed by atoms with E-state index in [4.69, 9.17) is 35.3 Å². The van der Waals surface area contributed by atoms with E-state index in [1.807, 2.05) is 30.3 Å². The minimum atomic E-state index is -0.399. The van der Waals surface area contributed by atoms with Crippen molar-refractivity contribution < 1.29 is 28.5 Å². The molecule has 10 heteroatoms. The second-order valence-electron chi connectivity index (χ2n) is 10.3. The molecule has 2 aliphatic rings. The van der Waals surface area contributed by atoms with Gasteiger partial charge >= 0.3 is 0 Å². The Morgan fingerprint density at radius 1 is 1.05 bits per heavy atom. The van der Waals surface area contributed by atoms with Gasteiger partial charge in [0.15, 0.2) is 17.6 Å². The van der Waals surface area contributed by atoms with Crippen molar-refractivity contribution in [2.24, 2.45) is 0 Å². The molecule has 0 bridgehead atoms. The predicted molar refractivity (Wildman–Crippen MR) is 158 cm³/mol. The summed E-state index contributed by atoms with van der Waals surface area (Å²) in [5.74, 6) is 2.30. The summed E-state index contributed by atoms with van der Waals surface area (Å²) in [6.07, 6.45) is 2.74. The fraction of sp³-hybridized carbons (Fsp3) is 0.242. The number of benzene rings is 3. The highest BCUT2D eigenvalue weighted by atomic mass is 35.5. The Morgan fingerprint density at radius 3 is 2.67 bits per heavy atom. The van der Waals surface area contributed by atoms with Gasteiger partial charge in [0, 0.05) is 43.2 Å². The van der Waals surface area contributed by atoms with E-state index in [1.54, 1.807) is 36.3 Å². The molecule has 0 spiro atoms. The zero-order valence-corrected chi connectivity index (χ0v) is 24.4. The third kappa shape index (κ3) is 6.36. The summed E-state index contributed by atoms with van der Waals surface area (Å²) in [4.78, 5) is 18.2. The molecule has 0 N–H and O–H groups in total. The third-order valence-corrected chi connectivity index (χ3v) is 7.63. The zero-order valence-electron chi connectivity index (χ0n) is 23.6. The van der Waals surface area contributed by atoms with Gasteiger partial charge in [-0.25, -0.2) is 0 Å². The second kappa shape index (κ2) is 12.2. The standard InChI is InChI=1S/C33H28ClN3O6/c1-20-24(4-3-5-26(20)23-6-7-28-31(10-23)43-19-42-28)17-40-30-11-29(39-16-22-8-21(12-35)13-36-14-22)25(9-27(30)34)15-37(2)33(38)32-18-41-32/h3-11,13-14,32H,15-19H2,1-2H3. The topological polar surface area (TPSA) is 106 Å². The van der Waals surface area contributed by atoms with Crippen molar-refractivity contribution in [3.63, 3.8) is 0 Å². The van der Waals surface area contributed by atoms with Gasteiger partial charge in [-0.3, -0.25) is 9.78 Å². The summed E-state index contributed by atoms with van der Waals surface area (Å²) in [6, 6.07) is 19.3. The molecule has 0 aliphatic carbocycles. The number of rotatable bonds is 10. The van der Waals surface area contributed by atoms with Crippen LogP contribution in [0.4, 0.5) is 0 Å². The van der Waals surface area contributed by atoms with Crippen molar-refractivity contribution in [2.45, 2.75) is 32.8 Å². The van der Waals surface area contributed by atoms with E-state index in [-0.39, 0.29) is 32.5 Å². The molecule has 43 heavy (non-hydrogen) atoms. The first-order valence-electron chi connectivity index (χ1n) is 13.7. The molecule has 1 amide bonds. The van der Waals surface area contributed by atoms with Crippen LogP contribution in [-0.2, 0) is 29.3 Å². The van der Waals surface area contributed by atoms with E-state index < -0.39 is 6.10 Å². The van der Waals surface area contributed by atoms with Crippen molar-refractivity contribution in [2.75, 3.05) is 20.4 Å². The Balaban J connectivity index is 1.24. The number of fused-ring (bicyclic) bond motifs is 1. The smallest absolute Gasteiger partial charge is 0.254 e. The van der Waals surface area contributed by atoms with Gasteiger partial charge < -0.3 is 28.6 Å². The van der Waals surface area contributed by atoms with Crippen molar-refractivity contribution in [1.29, 1.82) is 5.26 Å². The molecule has 6 rings (SSSR count). The molecule has 218 valence electrons. The van der Waals surface area contributed by atoms with E-state index >= 15 is 0 Å². The molecule has 1 fully saturated rings. The van der Waals surface area contributed by atoms with Crippen LogP contribution >= 0.6 is 11.6 Å². The molecule has 1 unspecified atom stereocenters. The van der Waals surface area contributed by atoms with E-state index in [0.717, 1.165) is 39.3 Å². The Bertz CT molecular complexity index is 1730. The average Bonchev–Trinajstić information content (AvgIpc) is 3.77. The molecule has 1 saturated heterocycles. The number of ether oxygens (including phenoxy) is 5. The molecular weight excluding hydrogens is 570 g/mol. The summed E-state index contributed by atoms with van der Waals surface area (Å²) < 4.78 is 28.6. The number of nitriles is 1. The molecule has 4 aromatic rings. The Hall–Kier alpha value is -4.78. The minimum Gasteiger partial charge on any atom is -0.488 e. The lowest BCUT2D eigenvalue weighted by atomic mass is 9.96. The lowest BCUT2D eigenvalue weighted by molar-refractivity contribution is -0.131. The zero-order chi connectivity index (χ0) is 29.9. The normalized spacial score (nSPS) is 14.6. The molecule has 1 atom stereocenters. The highest BCUT2D eigenvalue weighted by Gasteiger charge is 2.34. The first-order valence-corrected chi connectivity index (χ1v) is 14.0. The van der Waals surface area contributed by atoms with Gasteiger partial charge in [-0.1, -0.05) is 35.9 Å². The molecular formula is C33H28ClN3O6. The van der Waals surface area contributed by atoms with Gasteiger partial charge in [0.05, 0.1) is 17.2 Å². The van der Waals surface area contributed by atoms with E-state index in [2.05, 4.69) is 24.0 Å². The number of halogens is 1. The highest BCUT2D eigenvalue weighted by molar-refractivity contribution is 6.32. The number of hydrogen-bond donors (Lipinski definition) is 0. The number of hydrogen-bond acceptors (Lipinski definition) is 8. The van der Waals surface area contributed by atoms with Crippen LogP contribution in [0.5, 0.6) is 23.0 Å². The van der Waals surface area contributed by atoms with Crippen LogP contribution in [0.15, 0.2) is 67.0 Å². The molecule has 2 aliphatic heterocycles. The maximum Gasteiger partial charge on any atom is 0.254 e. The lowest BCUT2D eigenvalue weighted by Gasteiger charge is -2.21. The number of carbonyl (C=O) groups is 1. The molecule has 9 nitrogen and oxygen atoms in total. The molecule has 1 aromatic heterocycles. The Labute approximate surface area is 254 Å². The number of nitrogens with zero attached hydrogens (tertiary/aromatic N) is 3. The SMILES string of the molecule is Cc1c(COc2cc(OCc3cncc(C#N)c3)c(CN(C)C(=O)C3CO3)cc2Cl)cccc1-c1ccc2c(c1)OCO2. The van der Waals surface area contributed by atoms with Crippen molar-refractivity contribution in [3.8, 4) is 40.2 Å². The van der Waals surface area contributed by atoms with Crippen LogP contribution in [0.25, 0.3) is 11.1 Å². The van der Waals surface area contributed by atoms with Gasteiger partial charge in [-0.05, 0) is 53.4 Å². The van der Waals surface area contributed by atoms with Crippen LogP contribution in [0, 0.1) is 18.3 Å². The van der Waals surface area contributed by atoms with Crippen molar-refractivity contribution in [1.82, 2.24) is 9.88 Å². The number of pyridine rings is 1. The van der Waals surface area contributed by atoms with Gasteiger partial charge in [0.1, 0.15) is 30.8 Å². The van der Waals surface area contributed by atoms with Gasteiger partial charge in [0.25, 0.3) is 5.91 Å². The maximum atomic E-state index is 12.5. The first kappa shape index (κ1) is 28.3. The van der Waals surface area contributed by atoms with E-state index in [9.17, 15) is 10.1 Å². The fourth-order valence-corrected chi connectivity index (χ4v) is 5.12. The largest absolute Gasteiger partial charge is 0.488 e. The fourth-order valence-electron chi connectivity index (χ4n) is 4.88. The number of aromatic nitrogens is 1. The summed E-state index contributed by atoms with van der Waals surface area (Å²) in [5, 5.41) is 9.62. The summed E-state index contributed by atoms with van der Waals surface area (Å²) in [7, 11) is 1.71. The lowest BCUT2D eigenvalue weighted by Crippen LogP contribution is -2.30. The van der Waals surface area contributed by atoms with Crippen LogP contribution in [0.3, 0.4) is 0 Å². The van der Waals surface area contributed by atoms with E-state index in [1.165, 1.54) is 6.20 Å². The number of carbonyl (C=O) groups excluding carboxylic acids is 1. The van der Waals surface area contributed by atoms with Crippen molar-refractivity contribution >= 4 is 17.5 Å². The molecule has 3 aromatic carbocycles. The maximum absolute atomic E-state index is 12.5. The monoisotopic (exact) mass is 597 g/mol. The molecule has 3 heterocycles. The van der Waals surface area contributed by atoms with Crippen LogP contribution in [0.1, 0.15) is 27.8 Å². The summed E-state index contributed by atoms with van der Waals surface area (Å²) in [5.41, 5.74) is 6.02. The summed E-state index contributed by atoms with van der Waals surface area (Å²) in [6.45, 7) is 3.41. The van der Waals surface area contributed by atoms with Gasteiger partial charge in [-0.2, -0.15) is 5.26 Å². The number of likely N-dealkylation sites (N-methyl/N-ethyl adjacent to an activating group) is 1. The molecule has 0 radical (unpaired) electrons. The van der Waals surface area contributed by atoms with E-state index in [0.29, 0.717) is 34.3 Å². The number of amides is 1. The second-order valence-corrected chi connectivity index (χ2v) is 10.7. The quantitative estimate of drug-likeness (QED) is 0.210. The first-order chi connectivity index (χ1) is 20.9. The Morgan fingerprint density at radius 2 is 1.86 bits per heavy atom. The average molecular weight is 598 g/mol. The third-order valence-electron chi connectivity index (χ3n) is 7.34. The Kier molecular flexibility index (Phi) is 8.05. The van der Waals surface area contributed by atoms with Gasteiger partial charge in [0.2, 0.25) is 6.79 Å². The number of epoxide rings is 1. The van der Waals surface area contributed by atoms with Crippen LogP contribution in [0.2, 0.25) is 5.02 Å².